The highest BCUT2D eigenvalue weighted by atomic mass is 32.2. The average Bonchev–Trinajstić information content (AvgIpc) is 3.26. The molecule has 0 aliphatic rings. The van der Waals surface area contributed by atoms with E-state index in [0.29, 0.717) is 11.6 Å². The molecule has 5 rings (SSSR count). The molecule has 0 radical (unpaired) electrons. The van der Waals surface area contributed by atoms with E-state index >= 15 is 0 Å². The van der Waals surface area contributed by atoms with Gasteiger partial charge in [-0.05, 0) is 66.5 Å². The lowest BCUT2D eigenvalue weighted by Gasteiger charge is -2.13. The molecule has 1 amide bonds. The molecule has 5 aromatic rings. The second kappa shape index (κ2) is 8.77. The minimum Gasteiger partial charge on any atom is -0.337 e. The lowest BCUT2D eigenvalue weighted by Crippen LogP contribution is -2.05. The lowest BCUT2D eigenvalue weighted by molar-refractivity contribution is -0.114. The summed E-state index contributed by atoms with van der Waals surface area (Å²) in [5.41, 5.74) is 4.88. The molecule has 0 saturated carbocycles. The number of carbonyl (C=O) groups excluding carboxylic acids is 1. The van der Waals surface area contributed by atoms with Crippen molar-refractivity contribution < 1.29 is 4.79 Å². The topological polar surface area (TPSA) is 105 Å². The third-order valence-corrected chi connectivity index (χ3v) is 5.89. The molecule has 8 nitrogen and oxygen atoms in total. The van der Waals surface area contributed by atoms with Crippen LogP contribution in [0.4, 0.5) is 23.0 Å². The molecule has 0 aliphatic carbocycles. The fourth-order valence-corrected chi connectivity index (χ4v) is 4.22. The van der Waals surface area contributed by atoms with Crippen LogP contribution in [0.15, 0.2) is 71.6 Å². The van der Waals surface area contributed by atoms with Crippen molar-refractivity contribution in [3.05, 3.63) is 66.7 Å². The van der Waals surface area contributed by atoms with Crippen LogP contribution in [0.25, 0.3) is 22.1 Å². The smallest absolute Gasteiger partial charge is 0.221 e. The molecule has 0 spiro atoms. The van der Waals surface area contributed by atoms with Crippen molar-refractivity contribution >= 4 is 74.7 Å². The first kappa shape index (κ1) is 20.2. The van der Waals surface area contributed by atoms with Crippen LogP contribution >= 0.6 is 23.7 Å². The third-order valence-electron chi connectivity index (χ3n) is 4.53. The molecule has 0 atom stereocenters. The normalized spacial score (nSPS) is 10.9. The Morgan fingerprint density at radius 2 is 1.50 bits per heavy atom. The summed E-state index contributed by atoms with van der Waals surface area (Å²) in [4.78, 5) is 21.7. The van der Waals surface area contributed by atoms with Gasteiger partial charge in [0.1, 0.15) is 11.0 Å². The number of carbonyl (C=O) groups is 1. The van der Waals surface area contributed by atoms with Gasteiger partial charge in [-0.15, -0.1) is 0 Å². The molecule has 10 heteroatoms. The Morgan fingerprint density at radius 3 is 2.25 bits per heavy atom. The Kier molecular flexibility index (Phi) is 5.53. The number of rotatable bonds is 6. The Balaban J connectivity index is 1.42. The average molecular weight is 460 g/mol. The Hall–Kier alpha value is -3.76. The number of benzene rings is 3. The molecular weight excluding hydrogens is 442 g/mol. The molecule has 3 N–H and O–H groups in total. The van der Waals surface area contributed by atoms with E-state index < -0.39 is 0 Å². The van der Waals surface area contributed by atoms with E-state index in [1.165, 1.54) is 30.6 Å². The summed E-state index contributed by atoms with van der Waals surface area (Å²) in [6.07, 6.45) is 0. The summed E-state index contributed by atoms with van der Waals surface area (Å²) in [6, 6.07) is 21.1. The SMILES string of the molecule is CC(=O)Nc1ccc(SNc2nc3ccccc3nc2Nc2ccc3nsnc3c2)cc1. The number of nitrogens with zero attached hydrogens (tertiary/aromatic N) is 4. The van der Waals surface area contributed by atoms with Crippen molar-refractivity contribution in [3.8, 4) is 0 Å². The highest BCUT2D eigenvalue weighted by Crippen LogP contribution is 2.30. The number of hydrogen-bond donors (Lipinski definition) is 3. The number of fused-ring (bicyclic) bond motifs is 2. The Morgan fingerprint density at radius 1 is 0.812 bits per heavy atom. The highest BCUT2D eigenvalue weighted by molar-refractivity contribution is 8.00. The zero-order valence-corrected chi connectivity index (χ0v) is 18.5. The molecule has 0 unspecified atom stereocenters. The van der Waals surface area contributed by atoms with Gasteiger partial charge in [0.25, 0.3) is 0 Å². The van der Waals surface area contributed by atoms with Crippen molar-refractivity contribution in [1.29, 1.82) is 0 Å². The first-order valence-electron chi connectivity index (χ1n) is 9.71. The molecular formula is C22H17N7OS2. The van der Waals surface area contributed by atoms with Gasteiger partial charge in [0.2, 0.25) is 5.91 Å². The van der Waals surface area contributed by atoms with Gasteiger partial charge in [-0.2, -0.15) is 8.75 Å². The molecule has 0 bridgehead atoms. The minimum absolute atomic E-state index is 0.0997. The summed E-state index contributed by atoms with van der Waals surface area (Å²) in [7, 11) is 0. The second-order valence-corrected chi connectivity index (χ2v) is 8.32. The van der Waals surface area contributed by atoms with Crippen LogP contribution in [-0.2, 0) is 4.79 Å². The molecule has 0 fully saturated rings. The summed E-state index contributed by atoms with van der Waals surface area (Å²) in [6.45, 7) is 1.49. The van der Waals surface area contributed by atoms with E-state index in [1.807, 2.05) is 66.7 Å². The summed E-state index contributed by atoms with van der Waals surface area (Å²) in [5, 5.41) is 6.12. The lowest BCUT2D eigenvalue weighted by atomic mass is 10.2. The molecule has 2 aromatic heterocycles. The van der Waals surface area contributed by atoms with Gasteiger partial charge in [0, 0.05) is 23.2 Å². The van der Waals surface area contributed by atoms with Crippen molar-refractivity contribution in [2.24, 2.45) is 0 Å². The van der Waals surface area contributed by atoms with Crippen LogP contribution < -0.4 is 15.4 Å². The zero-order valence-electron chi connectivity index (χ0n) is 16.9. The van der Waals surface area contributed by atoms with Crippen LogP contribution in [0.2, 0.25) is 0 Å². The predicted molar refractivity (Wildman–Crippen MR) is 130 cm³/mol. The molecule has 158 valence electrons. The van der Waals surface area contributed by atoms with Crippen molar-refractivity contribution in [1.82, 2.24) is 18.7 Å². The van der Waals surface area contributed by atoms with Crippen LogP contribution in [-0.4, -0.2) is 24.6 Å². The Labute approximate surface area is 192 Å². The van der Waals surface area contributed by atoms with Gasteiger partial charge in [-0.1, -0.05) is 12.1 Å². The molecule has 32 heavy (non-hydrogen) atoms. The number of para-hydroxylation sites is 2. The van der Waals surface area contributed by atoms with E-state index in [2.05, 4.69) is 24.1 Å². The van der Waals surface area contributed by atoms with E-state index in [-0.39, 0.29) is 5.91 Å². The van der Waals surface area contributed by atoms with Gasteiger partial charge in [-0.25, -0.2) is 9.97 Å². The first-order valence-corrected chi connectivity index (χ1v) is 11.3. The summed E-state index contributed by atoms with van der Waals surface area (Å²) < 4.78 is 11.9. The fourth-order valence-electron chi connectivity index (χ4n) is 3.07. The third kappa shape index (κ3) is 4.46. The number of anilines is 4. The largest absolute Gasteiger partial charge is 0.337 e. The van der Waals surface area contributed by atoms with Gasteiger partial charge in [-0.3, -0.25) is 4.79 Å². The van der Waals surface area contributed by atoms with Crippen molar-refractivity contribution in [2.75, 3.05) is 15.4 Å². The quantitative estimate of drug-likeness (QED) is 0.288. The highest BCUT2D eigenvalue weighted by Gasteiger charge is 2.11. The minimum atomic E-state index is -0.0997. The summed E-state index contributed by atoms with van der Waals surface area (Å²) >= 11 is 2.60. The van der Waals surface area contributed by atoms with Crippen LogP contribution in [0.3, 0.4) is 0 Å². The van der Waals surface area contributed by atoms with Crippen molar-refractivity contribution in [2.45, 2.75) is 11.8 Å². The van der Waals surface area contributed by atoms with E-state index in [0.717, 1.165) is 38.3 Å². The fraction of sp³-hybridized carbons (Fsp3) is 0.0455. The van der Waals surface area contributed by atoms with Crippen molar-refractivity contribution in [3.63, 3.8) is 0 Å². The maximum Gasteiger partial charge on any atom is 0.221 e. The van der Waals surface area contributed by atoms with E-state index in [1.54, 1.807) is 0 Å². The van der Waals surface area contributed by atoms with E-state index in [9.17, 15) is 4.79 Å². The number of hydrogen-bond acceptors (Lipinski definition) is 9. The molecule has 0 saturated heterocycles. The van der Waals surface area contributed by atoms with Crippen LogP contribution in [0.5, 0.6) is 0 Å². The monoisotopic (exact) mass is 459 g/mol. The molecule has 3 aromatic carbocycles. The number of amides is 1. The van der Waals surface area contributed by atoms with Gasteiger partial charge in [0.05, 0.1) is 22.8 Å². The predicted octanol–water partition coefficient (Wildman–Crippen LogP) is 5.46. The standard InChI is InChI=1S/C22H17N7OS2/c1-13(30)23-14-6-9-16(10-7-14)31-29-22-21(25-17-4-2-3-5-18(17)26-22)24-15-8-11-19-20(12-15)28-32-27-19/h2-12H,1H3,(H,23,30)(H,24,25)(H,26,29). The van der Waals surface area contributed by atoms with Gasteiger partial charge < -0.3 is 15.4 Å². The van der Waals surface area contributed by atoms with Crippen LogP contribution in [0.1, 0.15) is 6.92 Å². The van der Waals surface area contributed by atoms with E-state index in [4.69, 9.17) is 9.97 Å². The number of nitrogens with one attached hydrogen (secondary N) is 3. The maximum atomic E-state index is 11.2. The van der Waals surface area contributed by atoms with Gasteiger partial charge >= 0.3 is 0 Å². The summed E-state index contributed by atoms with van der Waals surface area (Å²) in [5.74, 6) is 1.11. The maximum absolute atomic E-state index is 11.2. The Bertz CT molecular complexity index is 1420. The second-order valence-electron chi connectivity index (χ2n) is 6.91. The van der Waals surface area contributed by atoms with Gasteiger partial charge in [0.15, 0.2) is 11.6 Å². The van der Waals surface area contributed by atoms with Crippen LogP contribution in [0, 0.1) is 0 Å². The molecule has 0 aliphatic heterocycles. The first-order chi connectivity index (χ1) is 15.6. The zero-order chi connectivity index (χ0) is 21.9. The number of aromatic nitrogens is 4. The molecule has 2 heterocycles.